The van der Waals surface area contributed by atoms with Crippen LogP contribution < -0.4 is 0 Å². The molecule has 0 radical (unpaired) electrons. The first-order chi connectivity index (χ1) is 12.2. The van der Waals surface area contributed by atoms with Crippen molar-refractivity contribution in [3.63, 3.8) is 0 Å². The second-order valence-corrected chi connectivity index (χ2v) is 6.62. The number of rotatable bonds is 4. The van der Waals surface area contributed by atoms with Gasteiger partial charge in [-0.2, -0.15) is 4.98 Å². The molecule has 7 nitrogen and oxygen atoms in total. The highest BCUT2D eigenvalue weighted by Gasteiger charge is 2.22. The molecular formula is C17H19ClN6O. The van der Waals surface area contributed by atoms with Crippen molar-refractivity contribution >= 4 is 11.6 Å². The molecule has 1 saturated heterocycles. The first-order valence-corrected chi connectivity index (χ1v) is 8.85. The zero-order valence-electron chi connectivity index (χ0n) is 14.0. The van der Waals surface area contributed by atoms with Crippen molar-refractivity contribution in [1.82, 2.24) is 30.0 Å². The van der Waals surface area contributed by atoms with Gasteiger partial charge in [-0.05, 0) is 43.7 Å². The molecular weight excluding hydrogens is 340 g/mol. The van der Waals surface area contributed by atoms with E-state index in [1.165, 1.54) is 0 Å². The fourth-order valence-electron chi connectivity index (χ4n) is 3.09. The van der Waals surface area contributed by atoms with E-state index in [9.17, 15) is 0 Å². The smallest absolute Gasteiger partial charge is 0.258 e. The van der Waals surface area contributed by atoms with Crippen LogP contribution in [0.25, 0.3) is 23.0 Å². The van der Waals surface area contributed by atoms with E-state index in [0.717, 1.165) is 38.0 Å². The number of nitrogens with zero attached hydrogens (tertiary/aromatic N) is 6. The van der Waals surface area contributed by atoms with E-state index < -0.39 is 0 Å². The van der Waals surface area contributed by atoms with Crippen molar-refractivity contribution in [3.8, 4) is 23.0 Å². The molecule has 8 heteroatoms. The highest BCUT2D eigenvalue weighted by atomic mass is 35.5. The molecule has 4 rings (SSSR count). The minimum Gasteiger partial charge on any atom is -0.334 e. The van der Waals surface area contributed by atoms with Gasteiger partial charge < -0.3 is 9.42 Å². The van der Waals surface area contributed by atoms with Crippen LogP contribution in [0.3, 0.4) is 0 Å². The molecule has 1 aliphatic heterocycles. The van der Waals surface area contributed by atoms with Gasteiger partial charge in [-0.25, -0.2) is 4.68 Å². The Balaban J connectivity index is 1.50. The third-order valence-electron chi connectivity index (χ3n) is 4.64. The summed E-state index contributed by atoms with van der Waals surface area (Å²) in [5.74, 6) is 0.889. The Labute approximate surface area is 150 Å². The normalized spacial score (nSPS) is 16.4. The lowest BCUT2D eigenvalue weighted by Gasteiger charge is -2.30. The second kappa shape index (κ2) is 6.93. The molecule has 130 valence electrons. The Bertz CT molecular complexity index is 835. The molecule has 0 unspecified atom stereocenters. The SMILES string of the molecule is CCN1CCC(n2cc(-c3noc(-c4ccc(Cl)cc4)n3)nn2)CC1. The van der Waals surface area contributed by atoms with Crippen molar-refractivity contribution in [3.05, 3.63) is 35.5 Å². The van der Waals surface area contributed by atoms with Crippen LogP contribution in [0.4, 0.5) is 0 Å². The first kappa shape index (κ1) is 16.2. The molecule has 0 bridgehead atoms. The summed E-state index contributed by atoms with van der Waals surface area (Å²) >= 11 is 5.90. The molecule has 3 heterocycles. The maximum atomic E-state index is 5.90. The summed E-state index contributed by atoms with van der Waals surface area (Å²) in [6.07, 6.45) is 4.07. The van der Waals surface area contributed by atoms with Gasteiger partial charge in [0.15, 0.2) is 5.69 Å². The van der Waals surface area contributed by atoms with Crippen LogP contribution in [0, 0.1) is 0 Å². The number of halogens is 1. The lowest BCUT2D eigenvalue weighted by atomic mass is 10.1. The third-order valence-corrected chi connectivity index (χ3v) is 4.89. The number of hydrogen-bond acceptors (Lipinski definition) is 6. The van der Waals surface area contributed by atoms with Gasteiger partial charge in [0.1, 0.15) is 0 Å². The van der Waals surface area contributed by atoms with Gasteiger partial charge in [0, 0.05) is 23.7 Å². The average molecular weight is 359 g/mol. The molecule has 0 aliphatic carbocycles. The summed E-state index contributed by atoms with van der Waals surface area (Å²) in [5.41, 5.74) is 1.45. The molecule has 0 N–H and O–H groups in total. The molecule has 0 spiro atoms. The largest absolute Gasteiger partial charge is 0.334 e. The summed E-state index contributed by atoms with van der Waals surface area (Å²) in [7, 11) is 0. The maximum Gasteiger partial charge on any atom is 0.258 e. The molecule has 0 saturated carbocycles. The van der Waals surface area contributed by atoms with E-state index in [-0.39, 0.29) is 0 Å². The van der Waals surface area contributed by atoms with Gasteiger partial charge in [-0.3, -0.25) is 0 Å². The van der Waals surface area contributed by atoms with Gasteiger partial charge in [0.25, 0.3) is 5.89 Å². The monoisotopic (exact) mass is 358 g/mol. The molecule has 2 aromatic heterocycles. The summed E-state index contributed by atoms with van der Waals surface area (Å²) < 4.78 is 7.27. The predicted octanol–water partition coefficient (Wildman–Crippen LogP) is 3.31. The Kier molecular flexibility index (Phi) is 4.50. The van der Waals surface area contributed by atoms with Crippen LogP contribution in [-0.4, -0.2) is 49.7 Å². The van der Waals surface area contributed by atoms with Crippen LogP contribution in [0.15, 0.2) is 35.0 Å². The first-order valence-electron chi connectivity index (χ1n) is 8.47. The van der Waals surface area contributed by atoms with Gasteiger partial charge in [0.2, 0.25) is 5.82 Å². The summed E-state index contributed by atoms with van der Waals surface area (Å²) in [6, 6.07) is 7.65. The van der Waals surface area contributed by atoms with Crippen molar-refractivity contribution < 1.29 is 4.52 Å². The fraction of sp³-hybridized carbons (Fsp3) is 0.412. The highest BCUT2D eigenvalue weighted by molar-refractivity contribution is 6.30. The van der Waals surface area contributed by atoms with E-state index in [1.54, 1.807) is 12.1 Å². The lowest BCUT2D eigenvalue weighted by Crippen LogP contribution is -2.34. The van der Waals surface area contributed by atoms with E-state index in [4.69, 9.17) is 16.1 Å². The van der Waals surface area contributed by atoms with Crippen LogP contribution in [0.2, 0.25) is 5.02 Å². The Morgan fingerprint density at radius 1 is 1.20 bits per heavy atom. The topological polar surface area (TPSA) is 72.9 Å². The summed E-state index contributed by atoms with van der Waals surface area (Å²) in [5, 5.41) is 13.2. The number of likely N-dealkylation sites (tertiary alicyclic amines) is 1. The minimum atomic E-state index is 0.381. The van der Waals surface area contributed by atoms with Gasteiger partial charge in [-0.1, -0.05) is 28.9 Å². The Morgan fingerprint density at radius 3 is 2.68 bits per heavy atom. The third kappa shape index (κ3) is 3.43. The zero-order chi connectivity index (χ0) is 17.2. The van der Waals surface area contributed by atoms with Crippen LogP contribution in [0.1, 0.15) is 25.8 Å². The van der Waals surface area contributed by atoms with Gasteiger partial charge in [-0.15, -0.1) is 5.10 Å². The zero-order valence-corrected chi connectivity index (χ0v) is 14.7. The number of aromatic nitrogens is 5. The number of piperidine rings is 1. The Morgan fingerprint density at radius 2 is 1.96 bits per heavy atom. The molecule has 25 heavy (non-hydrogen) atoms. The highest BCUT2D eigenvalue weighted by Crippen LogP contribution is 2.25. The van der Waals surface area contributed by atoms with Crippen LogP contribution in [-0.2, 0) is 0 Å². The van der Waals surface area contributed by atoms with E-state index in [1.807, 2.05) is 23.0 Å². The second-order valence-electron chi connectivity index (χ2n) is 6.18. The molecule has 1 aromatic carbocycles. The minimum absolute atomic E-state index is 0.381. The molecule has 0 atom stereocenters. The van der Waals surface area contributed by atoms with Crippen LogP contribution in [0.5, 0.6) is 0 Å². The van der Waals surface area contributed by atoms with Gasteiger partial charge in [0.05, 0.1) is 12.2 Å². The molecule has 1 fully saturated rings. The van der Waals surface area contributed by atoms with Crippen molar-refractivity contribution in [2.45, 2.75) is 25.8 Å². The van der Waals surface area contributed by atoms with Crippen molar-refractivity contribution in [1.29, 1.82) is 0 Å². The predicted molar refractivity (Wildman–Crippen MR) is 94.1 cm³/mol. The summed E-state index contributed by atoms with van der Waals surface area (Å²) in [4.78, 5) is 6.87. The van der Waals surface area contributed by atoms with E-state index in [0.29, 0.717) is 28.5 Å². The Hall–Kier alpha value is -2.25. The summed E-state index contributed by atoms with van der Waals surface area (Å²) in [6.45, 7) is 5.49. The van der Waals surface area contributed by atoms with E-state index in [2.05, 4.69) is 32.3 Å². The standard InChI is InChI=1S/C17H19ClN6O/c1-2-23-9-7-14(8-10-23)24-11-15(20-22-24)16-19-17(25-21-16)12-3-5-13(18)6-4-12/h3-6,11,14H,2,7-10H2,1H3. The van der Waals surface area contributed by atoms with Crippen molar-refractivity contribution in [2.24, 2.45) is 0 Å². The quantitative estimate of drug-likeness (QED) is 0.712. The van der Waals surface area contributed by atoms with Gasteiger partial charge >= 0.3 is 0 Å². The van der Waals surface area contributed by atoms with Crippen molar-refractivity contribution in [2.75, 3.05) is 19.6 Å². The molecule has 1 aliphatic rings. The lowest BCUT2D eigenvalue weighted by molar-refractivity contribution is 0.186. The molecule has 3 aromatic rings. The van der Waals surface area contributed by atoms with E-state index >= 15 is 0 Å². The average Bonchev–Trinajstić information content (AvgIpc) is 3.32. The van der Waals surface area contributed by atoms with Crippen LogP contribution >= 0.6 is 11.6 Å². The number of hydrogen-bond donors (Lipinski definition) is 0. The fourth-order valence-corrected chi connectivity index (χ4v) is 3.22. The molecule has 0 amide bonds. The maximum absolute atomic E-state index is 5.90. The number of benzene rings is 1.